The molecule has 2 aromatic heterocycles. The number of nitrogens with zero attached hydrogens (tertiary/aromatic N) is 5. The molecule has 0 bridgehead atoms. The van der Waals surface area contributed by atoms with Crippen LogP contribution in [0.15, 0.2) is 65.8 Å². The van der Waals surface area contributed by atoms with Gasteiger partial charge in [-0.05, 0) is 43.0 Å². The van der Waals surface area contributed by atoms with E-state index in [4.69, 9.17) is 16.3 Å². The molecule has 2 aromatic carbocycles. The topological polar surface area (TPSA) is 102 Å². The van der Waals surface area contributed by atoms with Gasteiger partial charge in [-0.2, -0.15) is 10.1 Å². The Hall–Kier alpha value is -3.47. The Balaban J connectivity index is 1.42. The van der Waals surface area contributed by atoms with Gasteiger partial charge in [-0.15, -0.1) is 0 Å². The Labute approximate surface area is 227 Å². The first-order valence-electron chi connectivity index (χ1n) is 12.3. The van der Waals surface area contributed by atoms with Crippen molar-refractivity contribution >= 4 is 27.6 Å². The summed E-state index contributed by atoms with van der Waals surface area (Å²) in [5.41, 5.74) is 4.60. The van der Waals surface area contributed by atoms with Gasteiger partial charge in [-0.3, -0.25) is 9.58 Å². The summed E-state index contributed by atoms with van der Waals surface area (Å²) < 4.78 is 36.2. The third kappa shape index (κ3) is 5.82. The van der Waals surface area contributed by atoms with Crippen LogP contribution in [0.2, 0.25) is 5.02 Å². The lowest BCUT2D eigenvalue weighted by Crippen LogP contribution is -2.25. The second-order valence-electron chi connectivity index (χ2n) is 9.49. The molecule has 0 spiro atoms. The molecule has 3 heterocycles. The third-order valence-electron chi connectivity index (χ3n) is 6.53. The minimum Gasteiger partial charge on any atom is -0.473 e. The zero-order chi connectivity index (χ0) is 26.9. The summed E-state index contributed by atoms with van der Waals surface area (Å²) in [4.78, 5) is 11.3. The van der Waals surface area contributed by atoms with Crippen LogP contribution in [-0.4, -0.2) is 52.3 Å². The van der Waals surface area contributed by atoms with Gasteiger partial charge in [0, 0.05) is 49.5 Å². The number of aromatic nitrogens is 4. The summed E-state index contributed by atoms with van der Waals surface area (Å²) in [7, 11) is -2.29. The molecule has 38 heavy (non-hydrogen) atoms. The number of hydrogen-bond acceptors (Lipinski definition) is 7. The standard InChI is InChI=1S/C27H29ClN6O3S/c1-18-7-6-8-19(2)26(18)24-13-25(31-27(30-24)32-38(35,36)22-14-29-33(3)17-22)37-21-11-12-34(16-21)15-20-9-4-5-10-23(20)28/h4-10,13-14,17,21H,11-12,15-16H2,1-3H3,(H,30,31,32). The van der Waals surface area contributed by atoms with Gasteiger partial charge < -0.3 is 4.74 Å². The minimum atomic E-state index is -3.94. The van der Waals surface area contributed by atoms with Crippen LogP contribution in [0.3, 0.4) is 0 Å². The van der Waals surface area contributed by atoms with E-state index in [2.05, 4.69) is 24.7 Å². The van der Waals surface area contributed by atoms with Gasteiger partial charge in [-0.25, -0.2) is 18.1 Å². The lowest BCUT2D eigenvalue weighted by Gasteiger charge is -2.18. The molecule has 1 N–H and O–H groups in total. The van der Waals surface area contributed by atoms with Gasteiger partial charge in [0.1, 0.15) is 11.0 Å². The highest BCUT2D eigenvalue weighted by Gasteiger charge is 2.26. The maximum atomic E-state index is 13.0. The fourth-order valence-corrected chi connectivity index (χ4v) is 5.79. The quantitative estimate of drug-likeness (QED) is 0.341. The molecule has 1 atom stereocenters. The van der Waals surface area contributed by atoms with E-state index in [-0.39, 0.29) is 16.9 Å². The molecule has 9 nitrogen and oxygen atoms in total. The minimum absolute atomic E-state index is 0.0227. The number of ether oxygens (including phenoxy) is 1. The van der Waals surface area contributed by atoms with Crippen molar-refractivity contribution < 1.29 is 13.2 Å². The van der Waals surface area contributed by atoms with Crippen LogP contribution in [0.25, 0.3) is 11.3 Å². The molecule has 0 aliphatic carbocycles. The summed E-state index contributed by atoms with van der Waals surface area (Å²) >= 11 is 6.35. The second-order valence-corrected chi connectivity index (χ2v) is 11.6. The Morgan fingerprint density at radius 2 is 1.87 bits per heavy atom. The van der Waals surface area contributed by atoms with Gasteiger partial charge in [0.25, 0.3) is 10.0 Å². The van der Waals surface area contributed by atoms with E-state index >= 15 is 0 Å². The van der Waals surface area contributed by atoms with Gasteiger partial charge in [0.2, 0.25) is 11.8 Å². The predicted molar refractivity (Wildman–Crippen MR) is 147 cm³/mol. The van der Waals surface area contributed by atoms with Crippen LogP contribution in [-0.2, 0) is 23.6 Å². The Morgan fingerprint density at radius 3 is 2.58 bits per heavy atom. The molecular formula is C27H29ClN6O3S. The van der Waals surface area contributed by atoms with Gasteiger partial charge in [0.05, 0.1) is 11.9 Å². The van der Waals surface area contributed by atoms with Crippen LogP contribution in [0.1, 0.15) is 23.1 Å². The number of nitrogens with one attached hydrogen (secondary N) is 1. The van der Waals surface area contributed by atoms with E-state index in [9.17, 15) is 8.42 Å². The van der Waals surface area contributed by atoms with Crippen molar-refractivity contribution in [1.82, 2.24) is 24.6 Å². The van der Waals surface area contributed by atoms with Gasteiger partial charge in [-0.1, -0.05) is 48.0 Å². The highest BCUT2D eigenvalue weighted by atomic mass is 35.5. The maximum absolute atomic E-state index is 13.0. The van der Waals surface area contributed by atoms with Crippen LogP contribution in [0.4, 0.5) is 5.95 Å². The summed E-state index contributed by atoms with van der Waals surface area (Å²) in [5.74, 6) is 0.251. The van der Waals surface area contributed by atoms with Crippen LogP contribution >= 0.6 is 11.6 Å². The van der Waals surface area contributed by atoms with Crippen molar-refractivity contribution in [2.24, 2.45) is 7.05 Å². The molecular weight excluding hydrogens is 524 g/mol. The van der Waals surface area contributed by atoms with Crippen molar-refractivity contribution in [2.45, 2.75) is 37.8 Å². The lowest BCUT2D eigenvalue weighted by molar-refractivity contribution is 0.191. The summed E-state index contributed by atoms with van der Waals surface area (Å²) in [5, 5.41) is 4.71. The number of sulfonamides is 1. The normalized spacial score (nSPS) is 16.1. The van der Waals surface area contributed by atoms with Crippen molar-refractivity contribution in [3.63, 3.8) is 0 Å². The van der Waals surface area contributed by atoms with Gasteiger partial charge >= 0.3 is 0 Å². The largest absolute Gasteiger partial charge is 0.473 e. The third-order valence-corrected chi connectivity index (χ3v) is 8.18. The maximum Gasteiger partial charge on any atom is 0.267 e. The summed E-state index contributed by atoms with van der Waals surface area (Å²) in [6.45, 7) is 6.27. The highest BCUT2D eigenvalue weighted by Crippen LogP contribution is 2.30. The highest BCUT2D eigenvalue weighted by molar-refractivity contribution is 7.92. The van der Waals surface area contributed by atoms with Crippen molar-refractivity contribution in [3.8, 4) is 17.1 Å². The number of benzene rings is 2. The smallest absolute Gasteiger partial charge is 0.267 e. The molecule has 1 fully saturated rings. The fourth-order valence-electron chi connectivity index (χ4n) is 4.67. The van der Waals surface area contributed by atoms with E-state index < -0.39 is 10.0 Å². The predicted octanol–water partition coefficient (Wildman–Crippen LogP) is 4.60. The number of anilines is 1. The molecule has 1 saturated heterocycles. The zero-order valence-electron chi connectivity index (χ0n) is 21.4. The molecule has 0 saturated carbocycles. The average Bonchev–Trinajstić information content (AvgIpc) is 3.49. The summed E-state index contributed by atoms with van der Waals surface area (Å²) in [6.07, 6.45) is 3.40. The molecule has 1 unspecified atom stereocenters. The molecule has 198 valence electrons. The first-order chi connectivity index (χ1) is 18.2. The molecule has 0 radical (unpaired) electrons. The lowest BCUT2D eigenvalue weighted by atomic mass is 10.00. The van der Waals surface area contributed by atoms with Crippen molar-refractivity contribution in [1.29, 1.82) is 0 Å². The molecule has 5 rings (SSSR count). The molecule has 11 heteroatoms. The number of hydrogen-bond donors (Lipinski definition) is 1. The second kappa shape index (κ2) is 10.7. The Morgan fingerprint density at radius 1 is 1.11 bits per heavy atom. The molecule has 1 aliphatic rings. The van der Waals surface area contributed by atoms with E-state index in [0.29, 0.717) is 18.1 Å². The number of halogens is 1. The Bertz CT molecular complexity index is 1550. The van der Waals surface area contributed by atoms with Crippen molar-refractivity contribution in [2.75, 3.05) is 17.8 Å². The number of aryl methyl sites for hydroxylation is 3. The van der Waals surface area contributed by atoms with Crippen LogP contribution in [0, 0.1) is 13.8 Å². The SMILES string of the molecule is Cc1cccc(C)c1-c1cc(OC2CCN(Cc3ccccc3Cl)C2)nc(NS(=O)(=O)c2cnn(C)c2)n1. The summed E-state index contributed by atoms with van der Waals surface area (Å²) in [6, 6.07) is 15.6. The van der Waals surface area contributed by atoms with Gasteiger partial charge in [0.15, 0.2) is 0 Å². The molecule has 1 aliphatic heterocycles. The first kappa shape index (κ1) is 26.1. The number of likely N-dealkylation sites (tertiary alicyclic amines) is 1. The fraction of sp³-hybridized carbons (Fsp3) is 0.296. The number of rotatable bonds is 8. The first-order valence-corrected chi connectivity index (χ1v) is 14.1. The van der Waals surface area contributed by atoms with Crippen LogP contribution < -0.4 is 9.46 Å². The van der Waals surface area contributed by atoms with Crippen LogP contribution in [0.5, 0.6) is 5.88 Å². The van der Waals surface area contributed by atoms with E-state index in [1.807, 2.05) is 56.3 Å². The average molecular weight is 553 g/mol. The van der Waals surface area contributed by atoms with E-state index in [1.165, 1.54) is 17.1 Å². The zero-order valence-corrected chi connectivity index (χ0v) is 23.0. The monoisotopic (exact) mass is 552 g/mol. The Kier molecular flexibility index (Phi) is 7.38. The molecule has 4 aromatic rings. The van der Waals surface area contributed by atoms with E-state index in [0.717, 1.165) is 46.8 Å². The van der Waals surface area contributed by atoms with Crippen molar-refractivity contribution in [3.05, 3.63) is 82.6 Å². The van der Waals surface area contributed by atoms with E-state index in [1.54, 1.807) is 13.1 Å². The molecule has 0 amide bonds.